The van der Waals surface area contributed by atoms with Crippen molar-refractivity contribution in [1.82, 2.24) is 19.5 Å². The number of ether oxygens (including phenoxy) is 1. The Morgan fingerprint density at radius 3 is 2.50 bits per heavy atom. The predicted octanol–water partition coefficient (Wildman–Crippen LogP) is 6.50. The maximum atomic E-state index is 15.0. The second-order valence-electron chi connectivity index (χ2n) is 9.89. The first-order valence-electron chi connectivity index (χ1n) is 13.2. The van der Waals surface area contributed by atoms with Gasteiger partial charge in [0.05, 0.1) is 36.0 Å². The highest BCUT2D eigenvalue weighted by atomic mass is 35.5. The Morgan fingerprint density at radius 2 is 1.83 bits per heavy atom. The van der Waals surface area contributed by atoms with Crippen molar-refractivity contribution in [1.29, 1.82) is 0 Å². The molecule has 5 rings (SSSR count). The number of rotatable bonds is 7. The van der Waals surface area contributed by atoms with Crippen molar-refractivity contribution in [2.75, 3.05) is 31.6 Å². The van der Waals surface area contributed by atoms with Crippen LogP contribution < -0.4 is 4.90 Å². The summed E-state index contributed by atoms with van der Waals surface area (Å²) in [5.74, 6) is -3.06. The normalized spacial score (nSPS) is 17.0. The standard InChI is InChI=1S/C29H26Cl2F3N5O3/c1-3-42-27(40)12-16-8-9-38(15-21(16)34)29(41)23-13-25-35-22(17-10-19(32)28(31)20(33)11-17)14-26(39(25)36-23)37(2)24-7-5-4-6-18(24)30/h4-7,10-11,13-14,16,21H,3,8-9,12,15H2,1-2H3/t16-,21-/m0/s1. The summed E-state index contributed by atoms with van der Waals surface area (Å²) in [5.41, 5.74) is 1.10. The predicted molar refractivity (Wildman–Crippen MR) is 153 cm³/mol. The third-order valence-corrected chi connectivity index (χ3v) is 7.84. The lowest BCUT2D eigenvalue weighted by Gasteiger charge is -2.33. The van der Waals surface area contributed by atoms with Crippen LogP contribution in [0.2, 0.25) is 10.0 Å². The Morgan fingerprint density at radius 1 is 1.12 bits per heavy atom. The molecule has 0 unspecified atom stereocenters. The summed E-state index contributed by atoms with van der Waals surface area (Å²) < 4.78 is 50.0. The lowest BCUT2D eigenvalue weighted by Crippen LogP contribution is -2.45. The molecule has 1 amide bonds. The number of likely N-dealkylation sites (tertiary alicyclic amines) is 1. The van der Waals surface area contributed by atoms with Crippen LogP contribution in [0.25, 0.3) is 16.9 Å². The molecule has 0 saturated carbocycles. The summed E-state index contributed by atoms with van der Waals surface area (Å²) in [7, 11) is 1.72. The first-order chi connectivity index (χ1) is 20.1. The lowest BCUT2D eigenvalue weighted by molar-refractivity contribution is -0.145. The fraction of sp³-hybridized carbons (Fsp3) is 0.310. The molecule has 0 aliphatic carbocycles. The molecule has 1 saturated heterocycles. The quantitative estimate of drug-likeness (QED) is 0.173. The number of carbonyl (C=O) groups excluding carboxylic acids is 2. The number of carbonyl (C=O) groups is 2. The number of alkyl halides is 1. The van der Waals surface area contributed by atoms with Crippen molar-refractivity contribution in [3.05, 3.63) is 75.9 Å². The molecular weight excluding hydrogens is 594 g/mol. The van der Waals surface area contributed by atoms with Crippen LogP contribution in [0.3, 0.4) is 0 Å². The minimum atomic E-state index is -1.41. The molecule has 3 heterocycles. The number of halogens is 5. The van der Waals surface area contributed by atoms with Gasteiger partial charge in [-0.1, -0.05) is 35.3 Å². The monoisotopic (exact) mass is 619 g/mol. The van der Waals surface area contributed by atoms with Gasteiger partial charge in [-0.25, -0.2) is 18.2 Å². The molecule has 1 fully saturated rings. The molecular formula is C29H26Cl2F3N5O3. The van der Waals surface area contributed by atoms with Gasteiger partial charge in [0, 0.05) is 37.2 Å². The average Bonchev–Trinajstić information content (AvgIpc) is 3.40. The molecule has 0 radical (unpaired) electrons. The van der Waals surface area contributed by atoms with Crippen LogP contribution in [0.4, 0.5) is 24.7 Å². The topological polar surface area (TPSA) is 80.0 Å². The molecule has 13 heteroatoms. The second kappa shape index (κ2) is 12.2. The van der Waals surface area contributed by atoms with Crippen LogP contribution in [0, 0.1) is 17.6 Å². The molecule has 8 nitrogen and oxygen atoms in total. The summed E-state index contributed by atoms with van der Waals surface area (Å²) in [6.45, 7) is 1.92. The van der Waals surface area contributed by atoms with Gasteiger partial charge in [-0.15, -0.1) is 0 Å². The molecule has 4 aromatic rings. The van der Waals surface area contributed by atoms with E-state index in [1.807, 2.05) is 0 Å². The van der Waals surface area contributed by atoms with Gasteiger partial charge in [-0.2, -0.15) is 9.61 Å². The van der Waals surface area contributed by atoms with E-state index in [9.17, 15) is 22.8 Å². The Balaban J connectivity index is 1.52. The minimum Gasteiger partial charge on any atom is -0.466 e. The van der Waals surface area contributed by atoms with Crippen molar-refractivity contribution in [2.45, 2.75) is 25.9 Å². The van der Waals surface area contributed by atoms with Gasteiger partial charge in [0.25, 0.3) is 5.91 Å². The fourth-order valence-corrected chi connectivity index (χ4v) is 5.34. The summed E-state index contributed by atoms with van der Waals surface area (Å²) in [6.07, 6.45) is -1.18. The van der Waals surface area contributed by atoms with Crippen LogP contribution in [0.1, 0.15) is 30.3 Å². The van der Waals surface area contributed by atoms with Gasteiger partial charge in [0.15, 0.2) is 11.3 Å². The number of esters is 1. The molecule has 2 aromatic carbocycles. The van der Waals surface area contributed by atoms with Crippen molar-refractivity contribution in [2.24, 2.45) is 5.92 Å². The number of para-hydroxylation sites is 1. The Bertz CT molecular complexity index is 1640. The second-order valence-corrected chi connectivity index (χ2v) is 10.7. The average molecular weight is 620 g/mol. The summed E-state index contributed by atoms with van der Waals surface area (Å²) in [5, 5.41) is 4.27. The van der Waals surface area contributed by atoms with E-state index in [2.05, 4.69) is 10.1 Å². The number of piperidine rings is 1. The fourth-order valence-electron chi connectivity index (χ4n) is 4.96. The largest absolute Gasteiger partial charge is 0.466 e. The number of amides is 1. The molecule has 1 aliphatic heterocycles. The molecule has 2 aromatic heterocycles. The van der Waals surface area contributed by atoms with E-state index in [0.717, 1.165) is 12.1 Å². The Kier molecular flexibility index (Phi) is 8.60. The number of hydrogen-bond donors (Lipinski definition) is 0. The minimum absolute atomic E-state index is 0.00188. The maximum Gasteiger partial charge on any atom is 0.306 e. The number of benzene rings is 2. The molecule has 0 spiro atoms. The summed E-state index contributed by atoms with van der Waals surface area (Å²) in [6, 6.07) is 12.1. The first kappa shape index (κ1) is 29.7. The van der Waals surface area contributed by atoms with Gasteiger partial charge in [-0.3, -0.25) is 9.59 Å². The molecule has 0 N–H and O–H groups in total. The third-order valence-electron chi connectivity index (χ3n) is 7.16. The summed E-state index contributed by atoms with van der Waals surface area (Å²) in [4.78, 5) is 32.8. The Hall–Kier alpha value is -3.83. The van der Waals surface area contributed by atoms with Gasteiger partial charge in [0.1, 0.15) is 28.6 Å². The van der Waals surface area contributed by atoms with Crippen LogP contribution >= 0.6 is 23.2 Å². The van der Waals surface area contributed by atoms with Crippen molar-refractivity contribution < 1.29 is 27.5 Å². The maximum absolute atomic E-state index is 15.0. The van der Waals surface area contributed by atoms with Crippen molar-refractivity contribution in [3.63, 3.8) is 0 Å². The summed E-state index contributed by atoms with van der Waals surface area (Å²) >= 11 is 12.1. The Labute approximate surface area is 249 Å². The van der Waals surface area contributed by atoms with Gasteiger partial charge in [0.2, 0.25) is 0 Å². The smallest absolute Gasteiger partial charge is 0.306 e. The zero-order valence-corrected chi connectivity index (χ0v) is 24.2. The highest BCUT2D eigenvalue weighted by molar-refractivity contribution is 6.33. The number of anilines is 2. The van der Waals surface area contributed by atoms with E-state index in [1.54, 1.807) is 49.2 Å². The van der Waals surface area contributed by atoms with E-state index in [4.69, 9.17) is 27.9 Å². The molecule has 1 aliphatic rings. The van der Waals surface area contributed by atoms with Crippen molar-refractivity contribution in [3.8, 4) is 11.3 Å². The van der Waals surface area contributed by atoms with E-state index >= 15 is 0 Å². The van der Waals surface area contributed by atoms with Crippen LogP contribution in [-0.4, -0.2) is 64.3 Å². The highest BCUT2D eigenvalue weighted by Crippen LogP contribution is 2.34. The number of fused-ring (bicyclic) bond motifs is 1. The number of aromatic nitrogens is 3. The van der Waals surface area contributed by atoms with Gasteiger partial charge in [-0.05, 0) is 37.6 Å². The van der Waals surface area contributed by atoms with Crippen LogP contribution in [0.5, 0.6) is 0 Å². The number of nitrogens with zero attached hydrogens (tertiary/aromatic N) is 5. The molecule has 42 heavy (non-hydrogen) atoms. The molecule has 2 atom stereocenters. The van der Waals surface area contributed by atoms with Gasteiger partial charge >= 0.3 is 5.97 Å². The molecule has 220 valence electrons. The highest BCUT2D eigenvalue weighted by Gasteiger charge is 2.34. The third kappa shape index (κ3) is 5.89. The van der Waals surface area contributed by atoms with Crippen LogP contribution in [0.15, 0.2) is 48.5 Å². The number of hydrogen-bond acceptors (Lipinski definition) is 6. The van der Waals surface area contributed by atoms with E-state index in [-0.39, 0.29) is 55.1 Å². The van der Waals surface area contributed by atoms with Gasteiger partial charge < -0.3 is 14.5 Å². The zero-order chi connectivity index (χ0) is 30.1. The van der Waals surface area contributed by atoms with E-state index in [0.29, 0.717) is 16.5 Å². The van der Waals surface area contributed by atoms with E-state index < -0.39 is 40.6 Å². The zero-order valence-electron chi connectivity index (χ0n) is 22.7. The SMILES string of the molecule is CCOC(=O)C[C@@H]1CCN(C(=O)c2cc3nc(-c4cc(F)c(Cl)c(F)c4)cc(N(C)c4ccccc4Cl)n3n2)C[C@@H]1F. The van der Waals surface area contributed by atoms with E-state index in [1.165, 1.54) is 15.5 Å². The molecule has 0 bridgehead atoms. The first-order valence-corrected chi connectivity index (χ1v) is 14.0. The van der Waals surface area contributed by atoms with Crippen LogP contribution in [-0.2, 0) is 9.53 Å². The van der Waals surface area contributed by atoms with Crippen molar-refractivity contribution >= 4 is 52.2 Å². The lowest BCUT2D eigenvalue weighted by atomic mass is 9.91.